The van der Waals surface area contributed by atoms with E-state index in [1.54, 1.807) is 19.2 Å². The summed E-state index contributed by atoms with van der Waals surface area (Å²) in [5, 5.41) is 6.63. The molecule has 2 rings (SSSR count). The number of halogens is 1. The predicted molar refractivity (Wildman–Crippen MR) is 103 cm³/mol. The van der Waals surface area contributed by atoms with E-state index in [9.17, 15) is 4.39 Å². The second-order valence-electron chi connectivity index (χ2n) is 7.28. The maximum Gasteiger partial charge on any atom is 0.191 e. The van der Waals surface area contributed by atoms with E-state index in [0.717, 1.165) is 57.2 Å². The highest BCUT2D eigenvalue weighted by atomic mass is 19.1. The lowest BCUT2D eigenvalue weighted by molar-refractivity contribution is -0.0320. The number of benzene rings is 1. The number of rotatable bonds is 8. The molecule has 146 valence electrons. The Morgan fingerprint density at radius 1 is 1.31 bits per heavy atom. The van der Waals surface area contributed by atoms with E-state index in [1.165, 1.54) is 6.07 Å². The Hall–Kier alpha value is -1.66. The van der Waals surface area contributed by atoms with Crippen LogP contribution in [0.3, 0.4) is 0 Å². The van der Waals surface area contributed by atoms with E-state index in [1.807, 2.05) is 6.07 Å². The Morgan fingerprint density at radius 3 is 2.77 bits per heavy atom. The number of hydrogen-bond acceptors (Lipinski definition) is 3. The third-order valence-corrected chi connectivity index (χ3v) is 4.66. The van der Waals surface area contributed by atoms with Gasteiger partial charge in [-0.1, -0.05) is 26.0 Å². The van der Waals surface area contributed by atoms with Crippen LogP contribution in [0.4, 0.5) is 4.39 Å². The number of guanidine groups is 1. The molecule has 0 bridgehead atoms. The van der Waals surface area contributed by atoms with Gasteiger partial charge in [0.25, 0.3) is 0 Å². The molecule has 26 heavy (non-hydrogen) atoms. The zero-order valence-corrected chi connectivity index (χ0v) is 16.2. The minimum atomic E-state index is -0.206. The molecule has 6 heteroatoms. The van der Waals surface area contributed by atoms with Gasteiger partial charge in [-0.05, 0) is 37.0 Å². The van der Waals surface area contributed by atoms with Crippen molar-refractivity contribution in [3.8, 4) is 0 Å². The van der Waals surface area contributed by atoms with Gasteiger partial charge in [-0.25, -0.2) is 4.39 Å². The highest BCUT2D eigenvalue weighted by molar-refractivity contribution is 5.79. The number of hydrogen-bond donors (Lipinski definition) is 2. The maximum atomic E-state index is 13.5. The van der Waals surface area contributed by atoms with Crippen LogP contribution in [0, 0.1) is 5.82 Å². The van der Waals surface area contributed by atoms with Crippen LogP contribution >= 0.6 is 0 Å². The molecule has 1 aromatic rings. The summed E-state index contributed by atoms with van der Waals surface area (Å²) >= 11 is 0. The summed E-state index contributed by atoms with van der Waals surface area (Å²) in [6.07, 6.45) is 3.25. The number of aliphatic imine (C=N–C) groups is 1. The summed E-state index contributed by atoms with van der Waals surface area (Å²) in [6, 6.07) is 6.76. The third kappa shape index (κ3) is 6.92. The van der Waals surface area contributed by atoms with Crippen molar-refractivity contribution in [1.82, 2.24) is 10.6 Å². The Labute approximate surface area is 156 Å². The minimum absolute atomic E-state index is 0.202. The van der Waals surface area contributed by atoms with Gasteiger partial charge in [0.1, 0.15) is 5.82 Å². The van der Waals surface area contributed by atoms with E-state index in [-0.39, 0.29) is 11.2 Å². The van der Waals surface area contributed by atoms with Crippen LogP contribution in [-0.4, -0.2) is 52.0 Å². The molecule has 1 fully saturated rings. The summed E-state index contributed by atoms with van der Waals surface area (Å²) < 4.78 is 24.7. The molecule has 1 aliphatic rings. The quantitative estimate of drug-likeness (QED) is 0.423. The first-order chi connectivity index (χ1) is 12.5. The second kappa shape index (κ2) is 10.5. The lowest BCUT2D eigenvalue weighted by atomic mass is 9.84. The van der Waals surface area contributed by atoms with Gasteiger partial charge < -0.3 is 20.1 Å². The molecular weight excluding hydrogens is 333 g/mol. The summed E-state index contributed by atoms with van der Waals surface area (Å²) in [7, 11) is 1.75. The van der Waals surface area contributed by atoms with Gasteiger partial charge in [-0.3, -0.25) is 4.99 Å². The molecule has 0 saturated carbocycles. The lowest BCUT2D eigenvalue weighted by Crippen LogP contribution is -2.43. The van der Waals surface area contributed by atoms with Crippen LogP contribution in [0.2, 0.25) is 0 Å². The summed E-state index contributed by atoms with van der Waals surface area (Å²) in [5.41, 5.74) is 0.761. The van der Waals surface area contributed by atoms with E-state index >= 15 is 0 Å². The fourth-order valence-corrected chi connectivity index (χ4v) is 2.91. The Morgan fingerprint density at radius 2 is 2.08 bits per heavy atom. The molecule has 0 radical (unpaired) electrons. The SMILES string of the molecule is CN=C(NCCCOC1CCOCC1)NCC(C)(C)c1cccc(F)c1. The van der Waals surface area contributed by atoms with Gasteiger partial charge in [0.05, 0.1) is 6.10 Å². The monoisotopic (exact) mass is 365 g/mol. The molecule has 0 unspecified atom stereocenters. The van der Waals surface area contributed by atoms with Crippen LogP contribution in [-0.2, 0) is 14.9 Å². The van der Waals surface area contributed by atoms with Crippen LogP contribution in [0.1, 0.15) is 38.7 Å². The number of nitrogens with zero attached hydrogens (tertiary/aromatic N) is 1. The zero-order chi connectivity index (χ0) is 18.8. The van der Waals surface area contributed by atoms with Crippen LogP contribution in [0.25, 0.3) is 0 Å². The third-order valence-electron chi connectivity index (χ3n) is 4.66. The van der Waals surface area contributed by atoms with Gasteiger partial charge in [0.15, 0.2) is 5.96 Å². The molecule has 0 aromatic heterocycles. The standard InChI is InChI=1S/C20H32FN3O2/c1-20(2,16-6-4-7-17(21)14-16)15-24-19(22-3)23-10-5-11-26-18-8-12-25-13-9-18/h4,6-7,14,18H,5,8-13,15H2,1-3H3,(H2,22,23,24). The van der Waals surface area contributed by atoms with Crippen molar-refractivity contribution in [2.75, 3.05) is 40.0 Å². The van der Waals surface area contributed by atoms with Crippen molar-refractivity contribution in [3.05, 3.63) is 35.6 Å². The molecule has 0 spiro atoms. The normalized spacial score (nSPS) is 16.5. The second-order valence-corrected chi connectivity index (χ2v) is 7.28. The molecule has 1 aromatic carbocycles. The van der Waals surface area contributed by atoms with Gasteiger partial charge in [0.2, 0.25) is 0 Å². The minimum Gasteiger partial charge on any atom is -0.381 e. The fraction of sp³-hybridized carbons (Fsp3) is 0.650. The Bertz CT molecular complexity index is 572. The average Bonchev–Trinajstić information content (AvgIpc) is 2.65. The molecule has 2 N–H and O–H groups in total. The molecule has 0 amide bonds. The summed E-state index contributed by atoms with van der Waals surface area (Å²) in [4.78, 5) is 4.25. The summed E-state index contributed by atoms with van der Waals surface area (Å²) in [6.45, 7) is 7.98. The van der Waals surface area contributed by atoms with Crippen molar-refractivity contribution in [2.24, 2.45) is 4.99 Å². The van der Waals surface area contributed by atoms with Gasteiger partial charge in [0, 0.05) is 45.4 Å². The van der Waals surface area contributed by atoms with Gasteiger partial charge in [-0.2, -0.15) is 0 Å². The van der Waals surface area contributed by atoms with Gasteiger partial charge in [-0.15, -0.1) is 0 Å². The predicted octanol–water partition coefficient (Wildman–Crippen LogP) is 2.85. The van der Waals surface area contributed by atoms with Crippen molar-refractivity contribution in [1.29, 1.82) is 0 Å². The first-order valence-corrected chi connectivity index (χ1v) is 9.41. The van der Waals surface area contributed by atoms with E-state index in [0.29, 0.717) is 12.6 Å². The molecule has 0 aliphatic carbocycles. The summed E-state index contributed by atoms with van der Waals surface area (Å²) in [5.74, 6) is 0.545. The van der Waals surface area contributed by atoms with E-state index in [2.05, 4.69) is 29.5 Å². The number of nitrogens with one attached hydrogen (secondary N) is 2. The van der Waals surface area contributed by atoms with Crippen LogP contribution < -0.4 is 10.6 Å². The number of ether oxygens (including phenoxy) is 2. The van der Waals surface area contributed by atoms with Crippen LogP contribution in [0.15, 0.2) is 29.3 Å². The van der Waals surface area contributed by atoms with Gasteiger partial charge >= 0.3 is 0 Å². The first kappa shape index (κ1) is 20.6. The first-order valence-electron chi connectivity index (χ1n) is 9.41. The smallest absolute Gasteiger partial charge is 0.191 e. The van der Waals surface area contributed by atoms with E-state index < -0.39 is 0 Å². The average molecular weight is 365 g/mol. The molecule has 1 saturated heterocycles. The maximum absolute atomic E-state index is 13.5. The zero-order valence-electron chi connectivity index (χ0n) is 16.2. The lowest BCUT2D eigenvalue weighted by Gasteiger charge is -2.27. The molecule has 0 atom stereocenters. The Kier molecular flexibility index (Phi) is 8.32. The molecular formula is C20H32FN3O2. The highest BCUT2D eigenvalue weighted by Crippen LogP contribution is 2.22. The van der Waals surface area contributed by atoms with E-state index in [4.69, 9.17) is 9.47 Å². The molecule has 1 heterocycles. The van der Waals surface area contributed by atoms with Crippen molar-refractivity contribution in [3.63, 3.8) is 0 Å². The van der Waals surface area contributed by atoms with Crippen molar-refractivity contribution in [2.45, 2.75) is 44.6 Å². The van der Waals surface area contributed by atoms with Crippen LogP contribution in [0.5, 0.6) is 0 Å². The van der Waals surface area contributed by atoms with Crippen molar-refractivity contribution < 1.29 is 13.9 Å². The topological polar surface area (TPSA) is 54.9 Å². The Balaban J connectivity index is 1.67. The largest absolute Gasteiger partial charge is 0.381 e. The fourth-order valence-electron chi connectivity index (χ4n) is 2.91. The molecule has 5 nitrogen and oxygen atoms in total. The highest BCUT2D eigenvalue weighted by Gasteiger charge is 2.21. The molecule has 1 aliphatic heterocycles. The van der Waals surface area contributed by atoms with Crippen molar-refractivity contribution >= 4 is 5.96 Å².